The minimum absolute atomic E-state index is 0.300. The van der Waals surface area contributed by atoms with E-state index in [-0.39, 0.29) is 0 Å². The molecule has 0 spiro atoms. The fraction of sp³-hybridized carbons (Fsp3) is 0.357. The molecule has 1 aliphatic heterocycles. The van der Waals surface area contributed by atoms with E-state index in [1.165, 1.54) is 0 Å². The molecule has 0 saturated heterocycles. The van der Waals surface area contributed by atoms with Gasteiger partial charge in [0.15, 0.2) is 11.5 Å². The molecule has 100 valence electrons. The summed E-state index contributed by atoms with van der Waals surface area (Å²) >= 11 is 0. The number of hydrogen-bond donors (Lipinski definition) is 1. The van der Waals surface area contributed by atoms with Gasteiger partial charge in [0.05, 0.1) is 17.9 Å². The molecule has 0 radical (unpaired) electrons. The van der Waals surface area contributed by atoms with Gasteiger partial charge in [-0.25, -0.2) is 4.98 Å². The smallest absolute Gasteiger partial charge is 0.231 e. The Kier molecular flexibility index (Phi) is 2.91. The topological polar surface area (TPSA) is 48.3 Å². The predicted molar refractivity (Wildman–Crippen MR) is 72.3 cm³/mol. The number of aryl methyl sites for hydroxylation is 1. The fourth-order valence-corrected chi connectivity index (χ4v) is 2.46. The van der Waals surface area contributed by atoms with Gasteiger partial charge >= 0.3 is 0 Å². The lowest BCUT2D eigenvalue weighted by Gasteiger charge is -2.07. The lowest BCUT2D eigenvalue weighted by atomic mass is 10.1. The maximum atomic E-state index is 5.43. The highest BCUT2D eigenvalue weighted by Gasteiger charge is 2.18. The highest BCUT2D eigenvalue weighted by atomic mass is 16.7. The van der Waals surface area contributed by atoms with Crippen molar-refractivity contribution in [3.63, 3.8) is 0 Å². The van der Waals surface area contributed by atoms with Gasteiger partial charge in [0.25, 0.3) is 0 Å². The van der Waals surface area contributed by atoms with Crippen LogP contribution >= 0.6 is 0 Å². The van der Waals surface area contributed by atoms with Crippen LogP contribution in [0, 0.1) is 6.92 Å². The Morgan fingerprint density at radius 1 is 1.32 bits per heavy atom. The molecule has 1 N–H and O–H groups in total. The quantitative estimate of drug-likeness (QED) is 0.913. The number of nitrogens with zero attached hydrogens (tertiary/aromatic N) is 2. The summed E-state index contributed by atoms with van der Waals surface area (Å²) in [5.41, 5.74) is 3.23. The van der Waals surface area contributed by atoms with Gasteiger partial charge in [-0.2, -0.15) is 0 Å². The number of rotatable bonds is 3. The third-order valence-electron chi connectivity index (χ3n) is 3.34. The van der Waals surface area contributed by atoms with Gasteiger partial charge in [-0.05, 0) is 32.2 Å². The Hall–Kier alpha value is -2.01. The van der Waals surface area contributed by atoms with Gasteiger partial charge in [-0.15, -0.1) is 0 Å². The number of benzene rings is 1. The molecule has 19 heavy (non-hydrogen) atoms. The largest absolute Gasteiger partial charge is 0.454 e. The highest BCUT2D eigenvalue weighted by molar-refractivity contribution is 5.67. The number of ether oxygens (including phenoxy) is 2. The summed E-state index contributed by atoms with van der Waals surface area (Å²) in [5, 5.41) is 3.13. The first-order valence-electron chi connectivity index (χ1n) is 6.27. The summed E-state index contributed by atoms with van der Waals surface area (Å²) in [6.07, 6.45) is 0. The number of imidazole rings is 1. The molecule has 1 aliphatic rings. The second-order valence-corrected chi connectivity index (χ2v) is 4.62. The van der Waals surface area contributed by atoms with Crippen LogP contribution in [0.2, 0.25) is 0 Å². The molecular weight excluding hydrogens is 242 g/mol. The van der Waals surface area contributed by atoms with Gasteiger partial charge in [0.1, 0.15) is 5.82 Å². The van der Waals surface area contributed by atoms with Crippen LogP contribution in [0.15, 0.2) is 18.2 Å². The Labute approximate surface area is 112 Å². The van der Waals surface area contributed by atoms with E-state index in [2.05, 4.69) is 14.9 Å². The van der Waals surface area contributed by atoms with Crippen molar-refractivity contribution in [2.24, 2.45) is 7.05 Å². The maximum Gasteiger partial charge on any atom is 0.231 e. The molecule has 0 bridgehead atoms. The Balaban J connectivity index is 2.07. The van der Waals surface area contributed by atoms with Gasteiger partial charge in [0, 0.05) is 12.6 Å². The molecule has 2 aromatic rings. The highest BCUT2D eigenvalue weighted by Crippen LogP contribution is 2.36. The van der Waals surface area contributed by atoms with Crippen molar-refractivity contribution < 1.29 is 9.47 Å². The van der Waals surface area contributed by atoms with Crippen LogP contribution in [-0.4, -0.2) is 23.4 Å². The van der Waals surface area contributed by atoms with Crippen molar-refractivity contribution in [1.82, 2.24) is 14.9 Å². The average molecular weight is 259 g/mol. The number of fused-ring (bicyclic) bond motifs is 1. The summed E-state index contributed by atoms with van der Waals surface area (Å²) in [6, 6.07) is 6.00. The van der Waals surface area contributed by atoms with E-state index in [1.54, 1.807) is 0 Å². The molecule has 0 unspecified atom stereocenters. The monoisotopic (exact) mass is 259 g/mol. The lowest BCUT2D eigenvalue weighted by Crippen LogP contribution is -2.10. The third-order valence-corrected chi connectivity index (χ3v) is 3.34. The molecule has 0 aliphatic carbocycles. The number of aromatic nitrogens is 2. The van der Waals surface area contributed by atoms with Crippen LogP contribution in [0.1, 0.15) is 11.5 Å². The van der Waals surface area contributed by atoms with Crippen LogP contribution in [0.4, 0.5) is 0 Å². The van der Waals surface area contributed by atoms with Crippen LogP contribution in [-0.2, 0) is 13.6 Å². The Morgan fingerprint density at radius 3 is 2.89 bits per heavy atom. The minimum atomic E-state index is 0.300. The summed E-state index contributed by atoms with van der Waals surface area (Å²) in [7, 11) is 3.96. The first-order chi connectivity index (χ1) is 9.20. The van der Waals surface area contributed by atoms with Crippen LogP contribution < -0.4 is 14.8 Å². The molecular formula is C14H17N3O2. The molecule has 0 atom stereocenters. The van der Waals surface area contributed by atoms with Crippen molar-refractivity contribution in [3.8, 4) is 22.8 Å². The summed E-state index contributed by atoms with van der Waals surface area (Å²) < 4.78 is 12.9. The van der Waals surface area contributed by atoms with Crippen LogP contribution in [0.5, 0.6) is 11.5 Å². The van der Waals surface area contributed by atoms with E-state index in [0.717, 1.165) is 40.8 Å². The van der Waals surface area contributed by atoms with Gasteiger partial charge in [0.2, 0.25) is 6.79 Å². The maximum absolute atomic E-state index is 5.43. The van der Waals surface area contributed by atoms with Crippen molar-refractivity contribution in [2.45, 2.75) is 13.5 Å². The van der Waals surface area contributed by atoms with E-state index in [9.17, 15) is 0 Å². The third kappa shape index (κ3) is 1.96. The van der Waals surface area contributed by atoms with E-state index >= 15 is 0 Å². The molecule has 1 aromatic carbocycles. The summed E-state index contributed by atoms with van der Waals surface area (Å²) in [5.74, 6) is 2.62. The molecule has 5 heteroatoms. The predicted octanol–water partition coefficient (Wildman–Crippen LogP) is 1.84. The van der Waals surface area contributed by atoms with Gasteiger partial charge in [-0.3, -0.25) is 0 Å². The van der Waals surface area contributed by atoms with Crippen molar-refractivity contribution in [3.05, 3.63) is 29.7 Å². The minimum Gasteiger partial charge on any atom is -0.454 e. The zero-order valence-corrected chi connectivity index (χ0v) is 11.4. The average Bonchev–Trinajstić information content (AvgIpc) is 2.95. The standard InChI is InChI=1S/C14H17N3O2/c1-9-14(17(3)13(16-9)7-15-2)10-4-5-11-12(6-10)19-8-18-11/h4-6,15H,7-8H2,1-3H3. The van der Waals surface area contributed by atoms with E-state index in [0.29, 0.717) is 6.79 Å². The molecule has 1 aromatic heterocycles. The van der Waals surface area contributed by atoms with Crippen molar-refractivity contribution in [2.75, 3.05) is 13.8 Å². The van der Waals surface area contributed by atoms with Gasteiger partial charge < -0.3 is 19.4 Å². The molecule has 3 rings (SSSR count). The Morgan fingerprint density at radius 2 is 2.11 bits per heavy atom. The first-order valence-corrected chi connectivity index (χ1v) is 6.27. The fourth-order valence-electron chi connectivity index (χ4n) is 2.46. The van der Waals surface area contributed by atoms with E-state index in [1.807, 2.05) is 39.2 Å². The van der Waals surface area contributed by atoms with Crippen molar-refractivity contribution >= 4 is 0 Å². The zero-order chi connectivity index (χ0) is 13.4. The number of hydrogen-bond acceptors (Lipinski definition) is 4. The first kappa shape index (κ1) is 12.0. The normalized spacial score (nSPS) is 13.0. The molecule has 5 nitrogen and oxygen atoms in total. The lowest BCUT2D eigenvalue weighted by molar-refractivity contribution is 0.174. The second kappa shape index (κ2) is 4.59. The second-order valence-electron chi connectivity index (χ2n) is 4.62. The van der Waals surface area contributed by atoms with E-state index < -0.39 is 0 Å². The van der Waals surface area contributed by atoms with E-state index in [4.69, 9.17) is 9.47 Å². The summed E-state index contributed by atoms with van der Waals surface area (Å²) in [4.78, 5) is 4.60. The zero-order valence-electron chi connectivity index (χ0n) is 11.4. The van der Waals surface area contributed by atoms with Gasteiger partial charge in [-0.1, -0.05) is 0 Å². The Bertz CT molecular complexity index is 619. The SMILES string of the molecule is CNCc1nc(C)c(-c2ccc3c(c2)OCO3)n1C. The molecule has 2 heterocycles. The number of nitrogens with one attached hydrogen (secondary N) is 1. The van der Waals surface area contributed by atoms with Crippen LogP contribution in [0.25, 0.3) is 11.3 Å². The molecule has 0 saturated carbocycles. The van der Waals surface area contributed by atoms with Crippen LogP contribution in [0.3, 0.4) is 0 Å². The molecule has 0 amide bonds. The summed E-state index contributed by atoms with van der Waals surface area (Å²) in [6.45, 7) is 3.08. The molecule has 0 fully saturated rings. The van der Waals surface area contributed by atoms with Crippen molar-refractivity contribution in [1.29, 1.82) is 0 Å².